The Hall–Kier alpha value is -2.14. The van der Waals surface area contributed by atoms with Crippen LogP contribution in [0.25, 0.3) is 0 Å². The van der Waals surface area contributed by atoms with Gasteiger partial charge in [-0.15, -0.1) is 11.3 Å². The van der Waals surface area contributed by atoms with E-state index in [2.05, 4.69) is 0 Å². The maximum absolute atomic E-state index is 12.2. The summed E-state index contributed by atoms with van der Waals surface area (Å²) in [7, 11) is 0. The van der Waals surface area contributed by atoms with Crippen molar-refractivity contribution in [2.45, 2.75) is 25.4 Å². The van der Waals surface area contributed by atoms with E-state index < -0.39 is 23.9 Å². The summed E-state index contributed by atoms with van der Waals surface area (Å²) in [5.41, 5.74) is 7.37. The molecule has 0 spiro atoms. The Kier molecular flexibility index (Phi) is 3.51. The molecule has 5 heteroatoms. The van der Waals surface area contributed by atoms with Gasteiger partial charge in [0.25, 0.3) is 0 Å². The lowest BCUT2D eigenvalue weighted by Gasteiger charge is -2.17. The summed E-state index contributed by atoms with van der Waals surface area (Å²) in [6.45, 7) is 1.93. The van der Waals surface area contributed by atoms with Gasteiger partial charge in [-0.1, -0.05) is 24.3 Å². The second-order valence-corrected chi connectivity index (χ2v) is 6.42. The lowest BCUT2D eigenvalue weighted by Crippen LogP contribution is -2.32. The zero-order valence-electron chi connectivity index (χ0n) is 11.5. The molecule has 0 bridgehead atoms. The highest BCUT2D eigenvalue weighted by Gasteiger charge is 2.39. The number of benzene rings is 1. The van der Waals surface area contributed by atoms with Gasteiger partial charge in [-0.2, -0.15) is 0 Å². The second kappa shape index (κ2) is 5.33. The number of nitrogens with two attached hydrogens (primary N) is 1. The van der Waals surface area contributed by atoms with Gasteiger partial charge < -0.3 is 10.5 Å². The van der Waals surface area contributed by atoms with Crippen LogP contribution >= 0.6 is 11.3 Å². The first-order chi connectivity index (χ1) is 10.1. The quantitative estimate of drug-likeness (QED) is 0.885. The number of thiophene rings is 1. The van der Waals surface area contributed by atoms with Crippen molar-refractivity contribution in [1.29, 1.82) is 0 Å². The molecule has 21 heavy (non-hydrogen) atoms. The summed E-state index contributed by atoms with van der Waals surface area (Å²) in [4.78, 5) is 25.5. The predicted octanol–water partition coefficient (Wildman–Crippen LogP) is 2.41. The highest BCUT2D eigenvalue weighted by molar-refractivity contribution is 7.13. The number of fused-ring (bicyclic) bond motifs is 1. The van der Waals surface area contributed by atoms with Gasteiger partial charge >= 0.3 is 5.97 Å². The maximum Gasteiger partial charge on any atom is 0.348 e. The fourth-order valence-electron chi connectivity index (χ4n) is 2.74. The van der Waals surface area contributed by atoms with E-state index in [4.69, 9.17) is 10.5 Å². The maximum atomic E-state index is 12.2. The van der Waals surface area contributed by atoms with E-state index in [1.54, 1.807) is 6.07 Å². The SMILES string of the molecule is Cc1ccc(C(=O)OC2Cc3ccccc3C2C(N)=O)s1. The summed E-state index contributed by atoms with van der Waals surface area (Å²) in [5, 5.41) is 0. The molecule has 4 nitrogen and oxygen atoms in total. The lowest BCUT2D eigenvalue weighted by atomic mass is 9.99. The fourth-order valence-corrected chi connectivity index (χ4v) is 3.49. The third-order valence-electron chi connectivity index (χ3n) is 3.69. The number of rotatable bonds is 3. The highest BCUT2D eigenvalue weighted by atomic mass is 32.1. The molecule has 2 aromatic rings. The molecule has 2 unspecified atom stereocenters. The summed E-state index contributed by atoms with van der Waals surface area (Å²) in [5.74, 6) is -1.41. The van der Waals surface area contributed by atoms with Crippen LogP contribution < -0.4 is 5.73 Å². The first kappa shape index (κ1) is 13.8. The number of primary amides is 1. The standard InChI is InChI=1S/C16H15NO3S/c1-9-6-7-13(21-9)16(19)20-12-8-10-4-2-3-5-11(10)14(12)15(17)18/h2-7,12,14H,8H2,1H3,(H2,17,18). The number of aryl methyl sites for hydroxylation is 1. The van der Waals surface area contributed by atoms with Crippen LogP contribution in [0.2, 0.25) is 0 Å². The zero-order chi connectivity index (χ0) is 15.0. The van der Waals surface area contributed by atoms with Crippen molar-refractivity contribution in [1.82, 2.24) is 0 Å². The topological polar surface area (TPSA) is 69.4 Å². The third-order valence-corrected chi connectivity index (χ3v) is 4.67. The van der Waals surface area contributed by atoms with E-state index in [0.29, 0.717) is 11.3 Å². The molecule has 1 aromatic heterocycles. The summed E-state index contributed by atoms with van der Waals surface area (Å²) in [6, 6.07) is 11.2. The minimum atomic E-state index is -0.564. The molecule has 2 N–H and O–H groups in total. The molecule has 1 heterocycles. The normalized spacial score (nSPS) is 20.0. The van der Waals surface area contributed by atoms with Crippen molar-refractivity contribution in [2.75, 3.05) is 0 Å². The van der Waals surface area contributed by atoms with Crippen molar-refractivity contribution < 1.29 is 14.3 Å². The number of amides is 1. The number of esters is 1. The summed E-state index contributed by atoms with van der Waals surface area (Å²) < 4.78 is 5.54. The van der Waals surface area contributed by atoms with Crippen molar-refractivity contribution in [3.8, 4) is 0 Å². The molecule has 1 aromatic carbocycles. The lowest BCUT2D eigenvalue weighted by molar-refractivity contribution is -0.121. The average Bonchev–Trinajstić information content (AvgIpc) is 3.01. The van der Waals surface area contributed by atoms with Gasteiger partial charge in [0, 0.05) is 11.3 Å². The summed E-state index contributed by atoms with van der Waals surface area (Å²) in [6.07, 6.45) is 0.00896. The fraction of sp³-hybridized carbons (Fsp3) is 0.250. The monoisotopic (exact) mass is 301 g/mol. The Bertz CT molecular complexity index is 707. The van der Waals surface area contributed by atoms with Crippen LogP contribution in [-0.2, 0) is 16.0 Å². The van der Waals surface area contributed by atoms with E-state index in [9.17, 15) is 9.59 Å². The van der Waals surface area contributed by atoms with Gasteiger partial charge in [-0.05, 0) is 30.2 Å². The molecular weight excluding hydrogens is 286 g/mol. The van der Waals surface area contributed by atoms with Crippen LogP contribution in [-0.4, -0.2) is 18.0 Å². The minimum absolute atomic E-state index is 0.392. The van der Waals surface area contributed by atoms with Crippen molar-refractivity contribution in [3.05, 3.63) is 57.3 Å². The van der Waals surface area contributed by atoms with E-state index in [-0.39, 0.29) is 0 Å². The van der Waals surface area contributed by atoms with Crippen molar-refractivity contribution >= 4 is 23.2 Å². The van der Waals surface area contributed by atoms with Crippen LogP contribution in [0.3, 0.4) is 0 Å². The van der Waals surface area contributed by atoms with E-state index in [0.717, 1.165) is 16.0 Å². The molecular formula is C16H15NO3S. The average molecular weight is 301 g/mol. The highest BCUT2D eigenvalue weighted by Crippen LogP contribution is 2.35. The number of carbonyl (C=O) groups is 2. The Morgan fingerprint density at radius 1 is 1.24 bits per heavy atom. The third kappa shape index (κ3) is 2.56. The smallest absolute Gasteiger partial charge is 0.348 e. The molecule has 2 atom stereocenters. The number of carbonyl (C=O) groups excluding carboxylic acids is 2. The molecule has 3 rings (SSSR count). The van der Waals surface area contributed by atoms with Gasteiger partial charge in [-0.3, -0.25) is 4.79 Å². The Labute approximate surface area is 126 Å². The van der Waals surface area contributed by atoms with Crippen LogP contribution in [0.1, 0.15) is 31.6 Å². The molecule has 108 valence electrons. The van der Waals surface area contributed by atoms with Gasteiger partial charge in [0.05, 0.1) is 0 Å². The number of ether oxygens (including phenoxy) is 1. The van der Waals surface area contributed by atoms with Gasteiger partial charge in [0.2, 0.25) is 5.91 Å². The predicted molar refractivity (Wildman–Crippen MR) is 80.3 cm³/mol. The van der Waals surface area contributed by atoms with E-state index in [1.165, 1.54) is 11.3 Å². The largest absolute Gasteiger partial charge is 0.457 e. The Morgan fingerprint density at radius 2 is 2.00 bits per heavy atom. The Balaban J connectivity index is 1.83. The number of hydrogen-bond donors (Lipinski definition) is 1. The summed E-state index contributed by atoms with van der Waals surface area (Å²) >= 11 is 1.38. The number of hydrogen-bond acceptors (Lipinski definition) is 4. The van der Waals surface area contributed by atoms with Crippen LogP contribution in [0.4, 0.5) is 0 Å². The molecule has 0 saturated carbocycles. The molecule has 0 saturated heterocycles. The van der Waals surface area contributed by atoms with Gasteiger partial charge in [0.15, 0.2) is 0 Å². The van der Waals surface area contributed by atoms with E-state index in [1.807, 2.05) is 37.3 Å². The second-order valence-electron chi connectivity index (χ2n) is 5.14. The van der Waals surface area contributed by atoms with Gasteiger partial charge in [-0.25, -0.2) is 4.79 Å². The molecule has 0 fully saturated rings. The van der Waals surface area contributed by atoms with Crippen molar-refractivity contribution in [2.24, 2.45) is 5.73 Å². The molecule has 1 aliphatic carbocycles. The molecule has 0 aliphatic heterocycles. The van der Waals surface area contributed by atoms with Crippen LogP contribution in [0.5, 0.6) is 0 Å². The first-order valence-corrected chi connectivity index (χ1v) is 7.52. The van der Waals surface area contributed by atoms with Gasteiger partial charge in [0.1, 0.15) is 16.9 Å². The molecule has 0 radical (unpaired) electrons. The van der Waals surface area contributed by atoms with E-state index >= 15 is 0 Å². The van der Waals surface area contributed by atoms with Crippen molar-refractivity contribution in [3.63, 3.8) is 0 Å². The molecule has 1 aliphatic rings. The minimum Gasteiger partial charge on any atom is -0.457 e. The molecule has 1 amide bonds. The zero-order valence-corrected chi connectivity index (χ0v) is 12.4. The van der Waals surface area contributed by atoms with Crippen LogP contribution in [0.15, 0.2) is 36.4 Å². The Morgan fingerprint density at radius 3 is 2.67 bits per heavy atom. The van der Waals surface area contributed by atoms with Crippen LogP contribution in [0, 0.1) is 6.92 Å². The first-order valence-electron chi connectivity index (χ1n) is 6.71.